The van der Waals surface area contributed by atoms with Gasteiger partial charge in [-0.15, -0.1) is 0 Å². The monoisotopic (exact) mass is 285 g/mol. The lowest BCUT2D eigenvalue weighted by Gasteiger charge is -2.57. The molecular formula is C19H27NO. The Labute approximate surface area is 128 Å². The molecule has 0 atom stereocenters. The summed E-state index contributed by atoms with van der Waals surface area (Å²) in [7, 11) is 0. The van der Waals surface area contributed by atoms with Gasteiger partial charge in [0.25, 0.3) is 0 Å². The van der Waals surface area contributed by atoms with Crippen LogP contribution in [0.3, 0.4) is 0 Å². The second kappa shape index (κ2) is 5.64. The lowest BCUT2D eigenvalue weighted by molar-refractivity contribution is -0.0198. The zero-order valence-electron chi connectivity index (χ0n) is 12.9. The van der Waals surface area contributed by atoms with E-state index in [2.05, 4.69) is 5.32 Å². The third kappa shape index (κ3) is 2.96. The molecule has 5 rings (SSSR count). The quantitative estimate of drug-likeness (QED) is 0.797. The lowest BCUT2D eigenvalue weighted by Crippen LogP contribution is -2.58. The smallest absolute Gasteiger partial charge is 0.119 e. The molecule has 0 heterocycles. The van der Waals surface area contributed by atoms with E-state index in [1.165, 1.54) is 38.5 Å². The van der Waals surface area contributed by atoms with Gasteiger partial charge in [-0.1, -0.05) is 18.2 Å². The number of nitrogens with one attached hydrogen (secondary N) is 1. The van der Waals surface area contributed by atoms with Gasteiger partial charge in [0.1, 0.15) is 5.75 Å². The molecule has 0 aromatic heterocycles. The van der Waals surface area contributed by atoms with Crippen LogP contribution in [0, 0.1) is 17.8 Å². The van der Waals surface area contributed by atoms with Gasteiger partial charge >= 0.3 is 0 Å². The van der Waals surface area contributed by atoms with Crippen molar-refractivity contribution in [2.24, 2.45) is 17.8 Å². The van der Waals surface area contributed by atoms with Crippen LogP contribution in [0.4, 0.5) is 0 Å². The van der Waals surface area contributed by atoms with Crippen molar-refractivity contribution in [3.63, 3.8) is 0 Å². The molecule has 4 saturated carbocycles. The Morgan fingerprint density at radius 3 is 2.19 bits per heavy atom. The highest BCUT2D eigenvalue weighted by Crippen LogP contribution is 2.55. The number of rotatable bonds is 6. The predicted molar refractivity (Wildman–Crippen MR) is 85.5 cm³/mol. The van der Waals surface area contributed by atoms with E-state index in [4.69, 9.17) is 4.74 Å². The molecule has 0 unspecified atom stereocenters. The molecule has 1 aromatic rings. The van der Waals surface area contributed by atoms with Crippen molar-refractivity contribution < 1.29 is 4.74 Å². The molecule has 2 nitrogen and oxygen atoms in total. The first-order valence-corrected chi connectivity index (χ1v) is 8.74. The molecule has 4 aliphatic carbocycles. The van der Waals surface area contributed by atoms with Gasteiger partial charge < -0.3 is 10.1 Å². The summed E-state index contributed by atoms with van der Waals surface area (Å²) in [6.07, 6.45) is 10.0. The van der Waals surface area contributed by atoms with Crippen LogP contribution in [0.1, 0.15) is 44.9 Å². The van der Waals surface area contributed by atoms with E-state index in [1.807, 2.05) is 30.3 Å². The SMILES string of the molecule is c1ccc(OCCCNC23CC4CC(CC(C4)C2)C3)cc1. The van der Waals surface area contributed by atoms with Crippen molar-refractivity contribution in [3.05, 3.63) is 30.3 Å². The average molecular weight is 285 g/mol. The van der Waals surface area contributed by atoms with Crippen molar-refractivity contribution in [1.29, 1.82) is 0 Å². The van der Waals surface area contributed by atoms with E-state index in [0.717, 1.165) is 43.1 Å². The maximum absolute atomic E-state index is 5.79. The second-order valence-corrected chi connectivity index (χ2v) is 7.64. The summed E-state index contributed by atoms with van der Waals surface area (Å²) in [6.45, 7) is 1.93. The van der Waals surface area contributed by atoms with Gasteiger partial charge in [0.2, 0.25) is 0 Å². The summed E-state index contributed by atoms with van der Waals surface area (Å²) in [5.41, 5.74) is 0.501. The minimum atomic E-state index is 0.501. The first-order valence-electron chi connectivity index (χ1n) is 8.74. The first-order chi connectivity index (χ1) is 10.3. The fraction of sp³-hybridized carbons (Fsp3) is 0.684. The van der Waals surface area contributed by atoms with Crippen molar-refractivity contribution in [3.8, 4) is 5.75 Å². The third-order valence-corrected chi connectivity index (χ3v) is 5.87. The Bertz CT molecular complexity index is 434. The highest BCUT2D eigenvalue weighted by atomic mass is 16.5. The number of para-hydroxylation sites is 1. The standard InChI is InChI=1S/C19H27NO/c1-2-5-18(6-3-1)21-8-4-7-20-19-12-15-9-16(13-19)11-17(10-15)14-19/h1-3,5-6,15-17,20H,4,7-14H2. The molecule has 21 heavy (non-hydrogen) atoms. The largest absolute Gasteiger partial charge is 0.494 e. The Morgan fingerprint density at radius 2 is 1.57 bits per heavy atom. The summed E-state index contributed by atoms with van der Waals surface area (Å²) in [5.74, 6) is 4.09. The Hall–Kier alpha value is -1.02. The first kappa shape index (κ1) is 13.6. The number of hydrogen-bond acceptors (Lipinski definition) is 2. The molecule has 0 saturated heterocycles. The average Bonchev–Trinajstić information content (AvgIpc) is 2.46. The summed E-state index contributed by atoms with van der Waals surface area (Å²) in [4.78, 5) is 0. The number of benzene rings is 1. The van der Waals surface area contributed by atoms with Crippen LogP contribution in [0.25, 0.3) is 0 Å². The second-order valence-electron chi connectivity index (χ2n) is 7.64. The molecule has 2 heteroatoms. The highest BCUT2D eigenvalue weighted by molar-refractivity contribution is 5.20. The summed E-state index contributed by atoms with van der Waals surface area (Å²) in [6, 6.07) is 10.2. The van der Waals surface area contributed by atoms with Crippen molar-refractivity contribution in [2.45, 2.75) is 50.5 Å². The molecule has 114 valence electrons. The Kier molecular flexibility index (Phi) is 3.66. The van der Waals surface area contributed by atoms with Crippen LogP contribution in [0.5, 0.6) is 5.75 Å². The fourth-order valence-corrected chi connectivity index (χ4v) is 5.46. The van der Waals surface area contributed by atoms with Crippen LogP contribution in [-0.2, 0) is 0 Å². The molecular weight excluding hydrogens is 258 g/mol. The topological polar surface area (TPSA) is 21.3 Å². The van der Waals surface area contributed by atoms with E-state index in [9.17, 15) is 0 Å². The molecule has 0 amide bonds. The molecule has 4 fully saturated rings. The van der Waals surface area contributed by atoms with E-state index < -0.39 is 0 Å². The van der Waals surface area contributed by atoms with Crippen LogP contribution in [0.15, 0.2) is 30.3 Å². The molecule has 0 spiro atoms. The molecule has 1 N–H and O–H groups in total. The molecule has 0 aliphatic heterocycles. The zero-order valence-corrected chi connectivity index (χ0v) is 12.9. The predicted octanol–water partition coefficient (Wildman–Crippen LogP) is 4.01. The van der Waals surface area contributed by atoms with Gasteiger partial charge in [0.15, 0.2) is 0 Å². The summed E-state index contributed by atoms with van der Waals surface area (Å²) >= 11 is 0. The molecule has 4 bridgehead atoms. The van der Waals surface area contributed by atoms with Crippen molar-refractivity contribution >= 4 is 0 Å². The zero-order chi connectivity index (χ0) is 14.1. The maximum Gasteiger partial charge on any atom is 0.119 e. The van der Waals surface area contributed by atoms with Gasteiger partial charge in [0.05, 0.1) is 6.61 Å². The maximum atomic E-state index is 5.79. The third-order valence-electron chi connectivity index (χ3n) is 5.87. The highest BCUT2D eigenvalue weighted by Gasteiger charge is 2.50. The van der Waals surface area contributed by atoms with E-state index in [1.54, 1.807) is 0 Å². The minimum Gasteiger partial charge on any atom is -0.494 e. The van der Waals surface area contributed by atoms with E-state index in [-0.39, 0.29) is 0 Å². The van der Waals surface area contributed by atoms with Gasteiger partial charge in [-0.2, -0.15) is 0 Å². The van der Waals surface area contributed by atoms with Gasteiger partial charge in [0, 0.05) is 5.54 Å². The van der Waals surface area contributed by atoms with Crippen LogP contribution < -0.4 is 10.1 Å². The van der Waals surface area contributed by atoms with Crippen molar-refractivity contribution in [1.82, 2.24) is 5.32 Å². The van der Waals surface area contributed by atoms with Crippen LogP contribution >= 0.6 is 0 Å². The Balaban J connectivity index is 1.22. The summed E-state index contributed by atoms with van der Waals surface area (Å²) in [5, 5.41) is 3.93. The van der Waals surface area contributed by atoms with E-state index >= 15 is 0 Å². The van der Waals surface area contributed by atoms with Gasteiger partial charge in [-0.25, -0.2) is 0 Å². The fourth-order valence-electron chi connectivity index (χ4n) is 5.46. The van der Waals surface area contributed by atoms with Gasteiger partial charge in [-0.3, -0.25) is 0 Å². The Morgan fingerprint density at radius 1 is 0.952 bits per heavy atom. The van der Waals surface area contributed by atoms with Crippen LogP contribution in [-0.4, -0.2) is 18.7 Å². The minimum absolute atomic E-state index is 0.501. The van der Waals surface area contributed by atoms with Gasteiger partial charge in [-0.05, 0) is 81.4 Å². The van der Waals surface area contributed by atoms with Crippen LogP contribution in [0.2, 0.25) is 0 Å². The molecule has 1 aromatic carbocycles. The van der Waals surface area contributed by atoms with Crippen molar-refractivity contribution in [2.75, 3.05) is 13.2 Å². The van der Waals surface area contributed by atoms with E-state index in [0.29, 0.717) is 5.54 Å². The number of hydrogen-bond donors (Lipinski definition) is 1. The summed E-state index contributed by atoms with van der Waals surface area (Å²) < 4.78 is 5.79. The molecule has 4 aliphatic rings. The normalized spacial score (nSPS) is 36.9. The number of ether oxygens (including phenoxy) is 1. The molecule has 0 radical (unpaired) electrons. The lowest BCUT2D eigenvalue weighted by atomic mass is 9.53.